The van der Waals surface area contributed by atoms with Crippen LogP contribution in [0.3, 0.4) is 0 Å². The first-order chi connectivity index (χ1) is 11.3. The van der Waals surface area contributed by atoms with Crippen LogP contribution in [0.5, 0.6) is 0 Å². The predicted octanol–water partition coefficient (Wildman–Crippen LogP) is 3.01. The molecule has 2 saturated heterocycles. The fourth-order valence-electron chi connectivity index (χ4n) is 4.66. The molecule has 132 valence electrons. The number of benzene rings is 1. The zero-order valence-corrected chi connectivity index (χ0v) is 14.9. The van der Waals surface area contributed by atoms with Gasteiger partial charge in [0.05, 0.1) is 17.3 Å². The number of aliphatic hydroxyl groups excluding tert-OH is 1. The molecule has 0 spiro atoms. The Morgan fingerprint density at radius 2 is 2.00 bits per heavy atom. The summed E-state index contributed by atoms with van der Waals surface area (Å²) in [4.78, 5) is 11.3. The van der Waals surface area contributed by atoms with Gasteiger partial charge < -0.3 is 15.2 Å². The second kappa shape index (κ2) is 6.49. The molecule has 1 amide bonds. The van der Waals surface area contributed by atoms with Gasteiger partial charge in [0.2, 0.25) is 5.91 Å². The minimum absolute atomic E-state index is 0.0373. The lowest BCUT2D eigenvalue weighted by atomic mass is 9.74. The van der Waals surface area contributed by atoms with E-state index in [2.05, 4.69) is 36.5 Å². The Morgan fingerprint density at radius 3 is 2.67 bits per heavy atom. The van der Waals surface area contributed by atoms with Gasteiger partial charge in [-0.1, -0.05) is 30.3 Å². The summed E-state index contributed by atoms with van der Waals surface area (Å²) in [6.07, 6.45) is 3.00. The highest BCUT2D eigenvalue weighted by atomic mass is 16.5. The quantitative estimate of drug-likeness (QED) is 0.895. The van der Waals surface area contributed by atoms with Crippen LogP contribution in [0.15, 0.2) is 30.3 Å². The van der Waals surface area contributed by atoms with E-state index in [1.165, 1.54) is 12.5 Å². The number of carbonyl (C=O) groups excluding carboxylic acids is 1. The summed E-state index contributed by atoms with van der Waals surface area (Å²) in [6, 6.07) is 10.5. The number of nitrogens with one attached hydrogen (secondary N) is 1. The number of fused-ring (bicyclic) bond motifs is 2. The maximum absolute atomic E-state index is 11.3. The van der Waals surface area contributed by atoms with Gasteiger partial charge in [-0.3, -0.25) is 4.79 Å². The molecule has 2 aliphatic rings. The number of aliphatic hydroxyl groups is 1. The Balaban J connectivity index is 1.85. The van der Waals surface area contributed by atoms with Crippen LogP contribution in [0, 0.1) is 5.92 Å². The van der Waals surface area contributed by atoms with Crippen molar-refractivity contribution in [2.45, 2.75) is 69.7 Å². The van der Waals surface area contributed by atoms with Crippen molar-refractivity contribution in [1.29, 1.82) is 0 Å². The molecule has 1 aromatic carbocycles. The molecular formula is C20H29NO3. The normalized spacial score (nSPS) is 39.1. The average molecular weight is 331 g/mol. The lowest BCUT2D eigenvalue weighted by Gasteiger charge is -2.49. The first kappa shape index (κ1) is 17.4. The number of hydrogen-bond acceptors (Lipinski definition) is 3. The largest absolute Gasteiger partial charge is 0.390 e. The van der Waals surface area contributed by atoms with Crippen LogP contribution in [-0.4, -0.2) is 34.9 Å². The molecule has 0 saturated carbocycles. The second-order valence-electron chi connectivity index (χ2n) is 8.06. The molecule has 5 atom stereocenters. The maximum atomic E-state index is 11.3. The molecule has 1 aromatic rings. The van der Waals surface area contributed by atoms with Crippen molar-refractivity contribution in [3.63, 3.8) is 0 Å². The van der Waals surface area contributed by atoms with Crippen LogP contribution in [0.4, 0.5) is 0 Å². The van der Waals surface area contributed by atoms with E-state index in [4.69, 9.17) is 4.74 Å². The fourth-order valence-corrected chi connectivity index (χ4v) is 4.66. The second-order valence-corrected chi connectivity index (χ2v) is 8.06. The van der Waals surface area contributed by atoms with Crippen molar-refractivity contribution in [3.8, 4) is 0 Å². The molecule has 2 aliphatic heterocycles. The summed E-state index contributed by atoms with van der Waals surface area (Å²) in [6.45, 7) is 6.25. The Morgan fingerprint density at radius 1 is 1.29 bits per heavy atom. The van der Waals surface area contributed by atoms with Crippen molar-refractivity contribution in [2.24, 2.45) is 5.92 Å². The van der Waals surface area contributed by atoms with Crippen LogP contribution in [0.1, 0.15) is 57.9 Å². The number of carbonyl (C=O) groups is 1. The zero-order chi connectivity index (χ0) is 17.4. The monoisotopic (exact) mass is 331 g/mol. The molecule has 2 heterocycles. The molecule has 2 fully saturated rings. The molecule has 2 N–H and O–H groups in total. The van der Waals surface area contributed by atoms with Crippen molar-refractivity contribution < 1.29 is 14.6 Å². The van der Waals surface area contributed by atoms with E-state index in [1.54, 1.807) is 0 Å². The minimum atomic E-state index is -0.576. The molecule has 0 unspecified atom stereocenters. The molecule has 0 aliphatic carbocycles. The lowest BCUT2D eigenvalue weighted by Crippen LogP contribution is -2.54. The number of hydrogen-bond donors (Lipinski definition) is 2. The zero-order valence-electron chi connectivity index (χ0n) is 14.9. The lowest BCUT2D eigenvalue weighted by molar-refractivity contribution is -0.215. The summed E-state index contributed by atoms with van der Waals surface area (Å²) in [5.74, 6) is 0.383. The summed E-state index contributed by atoms with van der Waals surface area (Å²) < 4.78 is 6.46. The van der Waals surface area contributed by atoms with Gasteiger partial charge in [0.1, 0.15) is 0 Å². The predicted molar refractivity (Wildman–Crippen MR) is 93.7 cm³/mol. The van der Waals surface area contributed by atoms with Gasteiger partial charge in [0, 0.05) is 19.4 Å². The fraction of sp³-hybridized carbons (Fsp3) is 0.650. The van der Waals surface area contributed by atoms with Crippen molar-refractivity contribution in [3.05, 3.63) is 35.9 Å². The summed E-state index contributed by atoms with van der Waals surface area (Å²) in [5, 5.41) is 13.9. The summed E-state index contributed by atoms with van der Waals surface area (Å²) in [5.41, 5.74) is 0.526. The van der Waals surface area contributed by atoms with Crippen LogP contribution in [-0.2, 0) is 9.53 Å². The SMILES string of the molecule is CC(=O)NC[C@@H]1CC[C@@]2(C)C[C@H](c3ccccc3)C[C@](C)(O2)[C@H]1O. The van der Waals surface area contributed by atoms with Gasteiger partial charge >= 0.3 is 0 Å². The van der Waals surface area contributed by atoms with E-state index in [0.717, 1.165) is 25.7 Å². The smallest absolute Gasteiger partial charge is 0.216 e. The highest BCUT2D eigenvalue weighted by molar-refractivity contribution is 5.72. The topological polar surface area (TPSA) is 58.6 Å². The third-order valence-corrected chi connectivity index (χ3v) is 5.81. The molecule has 4 heteroatoms. The maximum Gasteiger partial charge on any atom is 0.216 e. The minimum Gasteiger partial charge on any atom is -0.390 e. The van der Waals surface area contributed by atoms with Crippen molar-refractivity contribution >= 4 is 5.91 Å². The van der Waals surface area contributed by atoms with E-state index in [-0.39, 0.29) is 17.4 Å². The number of rotatable bonds is 3. The van der Waals surface area contributed by atoms with Crippen LogP contribution in [0.2, 0.25) is 0 Å². The van der Waals surface area contributed by atoms with E-state index in [0.29, 0.717) is 12.5 Å². The van der Waals surface area contributed by atoms with Crippen LogP contribution < -0.4 is 5.32 Å². The van der Waals surface area contributed by atoms with Crippen molar-refractivity contribution in [1.82, 2.24) is 5.32 Å². The standard InChI is InChI=1S/C20H29NO3/c1-14(22)21-13-16-9-10-19(2)11-17(15-7-5-4-6-8-15)12-20(3,24-19)18(16)23/h4-8,16-18,23H,9-13H2,1-3H3,(H,21,22)/t16-,17-,18-,19-,20-/m0/s1. The number of amides is 1. The van der Waals surface area contributed by atoms with E-state index in [1.807, 2.05) is 13.0 Å². The Labute approximate surface area is 144 Å². The summed E-state index contributed by atoms with van der Waals surface area (Å²) in [7, 11) is 0. The molecular weight excluding hydrogens is 302 g/mol. The first-order valence-electron chi connectivity index (χ1n) is 8.99. The number of ether oxygens (including phenoxy) is 1. The molecule has 0 radical (unpaired) electrons. The van der Waals surface area contributed by atoms with E-state index >= 15 is 0 Å². The first-order valence-corrected chi connectivity index (χ1v) is 8.99. The van der Waals surface area contributed by atoms with Gasteiger partial charge in [-0.15, -0.1) is 0 Å². The molecule has 3 rings (SSSR count). The molecule has 0 aromatic heterocycles. The Bertz CT molecular complexity index is 590. The molecule has 2 bridgehead atoms. The Hall–Kier alpha value is -1.39. The van der Waals surface area contributed by atoms with Gasteiger partial charge in [-0.05, 0) is 51.0 Å². The van der Waals surface area contributed by atoms with E-state index in [9.17, 15) is 9.90 Å². The molecule has 24 heavy (non-hydrogen) atoms. The van der Waals surface area contributed by atoms with Gasteiger partial charge in [-0.2, -0.15) is 0 Å². The highest BCUT2D eigenvalue weighted by Gasteiger charge is 2.52. The van der Waals surface area contributed by atoms with Gasteiger partial charge in [0.25, 0.3) is 0 Å². The average Bonchev–Trinajstić information content (AvgIpc) is 2.60. The Kier molecular flexibility index (Phi) is 4.71. The van der Waals surface area contributed by atoms with Crippen molar-refractivity contribution in [2.75, 3.05) is 6.54 Å². The summed E-state index contributed by atoms with van der Waals surface area (Å²) >= 11 is 0. The van der Waals surface area contributed by atoms with Gasteiger partial charge in [0.15, 0.2) is 0 Å². The van der Waals surface area contributed by atoms with Crippen LogP contribution in [0.25, 0.3) is 0 Å². The third-order valence-electron chi connectivity index (χ3n) is 5.81. The molecule has 4 nitrogen and oxygen atoms in total. The third kappa shape index (κ3) is 3.50. The van der Waals surface area contributed by atoms with Gasteiger partial charge in [-0.25, -0.2) is 0 Å². The highest BCUT2D eigenvalue weighted by Crippen LogP contribution is 2.50. The van der Waals surface area contributed by atoms with E-state index < -0.39 is 11.7 Å². The van der Waals surface area contributed by atoms with Crippen LogP contribution >= 0.6 is 0 Å².